The Morgan fingerprint density at radius 1 is 1.30 bits per heavy atom. The molecule has 59 valence electrons. The zero-order valence-corrected chi connectivity index (χ0v) is 7.48. The standard InChI is InChI=1S/C10H19/c1-5-9(6-2)10(7-3)8-4/h5,10H,1,6-8H2,2-4H3/b9-5+. The van der Waals surface area contributed by atoms with Crippen LogP contribution in [0.1, 0.15) is 40.0 Å². The summed E-state index contributed by atoms with van der Waals surface area (Å²) in [6, 6.07) is 0. The second-order valence-electron chi connectivity index (χ2n) is 2.65. The number of rotatable bonds is 4. The summed E-state index contributed by atoms with van der Waals surface area (Å²) in [6.45, 7) is 10.5. The van der Waals surface area contributed by atoms with E-state index < -0.39 is 0 Å². The Balaban J connectivity index is 3.97. The van der Waals surface area contributed by atoms with E-state index in [2.05, 4.69) is 27.7 Å². The van der Waals surface area contributed by atoms with Crippen molar-refractivity contribution in [1.82, 2.24) is 0 Å². The molecule has 0 bridgehead atoms. The van der Waals surface area contributed by atoms with Crippen LogP contribution in [-0.2, 0) is 0 Å². The average Bonchev–Trinajstić information content (AvgIpc) is 2.00. The lowest BCUT2D eigenvalue weighted by molar-refractivity contribution is 0.556. The van der Waals surface area contributed by atoms with Gasteiger partial charge in [-0.05, 0) is 32.1 Å². The maximum absolute atomic E-state index is 3.81. The van der Waals surface area contributed by atoms with E-state index in [1.807, 2.05) is 6.08 Å². The summed E-state index contributed by atoms with van der Waals surface area (Å²) < 4.78 is 0. The van der Waals surface area contributed by atoms with Crippen LogP contribution in [0.4, 0.5) is 0 Å². The second-order valence-corrected chi connectivity index (χ2v) is 2.65. The largest absolute Gasteiger partial charge is 0.0848 e. The van der Waals surface area contributed by atoms with Gasteiger partial charge in [0.25, 0.3) is 0 Å². The van der Waals surface area contributed by atoms with Crippen LogP contribution in [0.3, 0.4) is 0 Å². The molecule has 0 saturated carbocycles. The van der Waals surface area contributed by atoms with Gasteiger partial charge in [0.05, 0.1) is 0 Å². The normalized spacial score (nSPS) is 12.7. The van der Waals surface area contributed by atoms with Crippen LogP contribution < -0.4 is 0 Å². The van der Waals surface area contributed by atoms with Crippen molar-refractivity contribution in [3.8, 4) is 0 Å². The van der Waals surface area contributed by atoms with Crippen LogP contribution in [0.2, 0.25) is 0 Å². The first-order chi connectivity index (χ1) is 4.79. The molecule has 0 aliphatic heterocycles. The summed E-state index contributed by atoms with van der Waals surface area (Å²) in [5.74, 6) is 0.780. The van der Waals surface area contributed by atoms with Crippen LogP contribution in [-0.4, -0.2) is 0 Å². The Labute approximate surface area is 65.3 Å². The molecule has 0 unspecified atom stereocenters. The molecule has 0 amide bonds. The molecule has 0 spiro atoms. The lowest BCUT2D eigenvalue weighted by atomic mass is 9.92. The van der Waals surface area contributed by atoms with Crippen LogP contribution >= 0.6 is 0 Å². The third kappa shape index (κ3) is 2.55. The fourth-order valence-electron chi connectivity index (χ4n) is 1.41. The van der Waals surface area contributed by atoms with Gasteiger partial charge in [0.15, 0.2) is 0 Å². The zero-order valence-electron chi connectivity index (χ0n) is 7.48. The van der Waals surface area contributed by atoms with Crippen LogP contribution in [0.25, 0.3) is 0 Å². The van der Waals surface area contributed by atoms with E-state index in [1.54, 1.807) is 0 Å². The van der Waals surface area contributed by atoms with Crippen molar-refractivity contribution in [1.29, 1.82) is 0 Å². The molecule has 0 aromatic rings. The first-order valence-electron chi connectivity index (χ1n) is 4.28. The SMILES string of the molecule is [CH2]/C=C(\CC)C(CC)CC. The Hall–Kier alpha value is -0.260. The third-order valence-corrected chi connectivity index (χ3v) is 2.18. The molecule has 0 nitrogen and oxygen atoms in total. The van der Waals surface area contributed by atoms with Gasteiger partial charge in [0.1, 0.15) is 0 Å². The average molecular weight is 139 g/mol. The first kappa shape index (κ1) is 9.74. The van der Waals surface area contributed by atoms with Gasteiger partial charge >= 0.3 is 0 Å². The van der Waals surface area contributed by atoms with Gasteiger partial charge in [-0.3, -0.25) is 0 Å². The lowest BCUT2D eigenvalue weighted by Gasteiger charge is -2.14. The Kier molecular flexibility index (Phi) is 5.38. The molecule has 0 fully saturated rings. The summed E-state index contributed by atoms with van der Waals surface area (Å²) in [7, 11) is 0. The van der Waals surface area contributed by atoms with Crippen molar-refractivity contribution in [3.05, 3.63) is 18.6 Å². The van der Waals surface area contributed by atoms with Crippen molar-refractivity contribution >= 4 is 0 Å². The topological polar surface area (TPSA) is 0 Å². The molecule has 0 aromatic heterocycles. The van der Waals surface area contributed by atoms with Gasteiger partial charge in [0, 0.05) is 0 Å². The maximum Gasteiger partial charge on any atom is -0.0209 e. The molecular formula is C10H19. The smallest absolute Gasteiger partial charge is 0.0209 e. The molecule has 10 heavy (non-hydrogen) atoms. The van der Waals surface area contributed by atoms with E-state index in [0.717, 1.165) is 12.3 Å². The Bertz CT molecular complexity index is 96.6. The minimum Gasteiger partial charge on any atom is -0.0848 e. The van der Waals surface area contributed by atoms with Crippen LogP contribution in [0, 0.1) is 12.8 Å². The second kappa shape index (κ2) is 5.52. The minimum absolute atomic E-state index is 0.780. The van der Waals surface area contributed by atoms with Gasteiger partial charge in [-0.25, -0.2) is 0 Å². The molecule has 0 heterocycles. The van der Waals surface area contributed by atoms with Gasteiger partial charge in [-0.2, -0.15) is 0 Å². The summed E-state index contributed by atoms with van der Waals surface area (Å²) in [5, 5.41) is 0. The highest BCUT2D eigenvalue weighted by Crippen LogP contribution is 2.20. The Morgan fingerprint density at radius 3 is 1.90 bits per heavy atom. The van der Waals surface area contributed by atoms with Crippen molar-refractivity contribution in [2.24, 2.45) is 5.92 Å². The predicted octanol–water partition coefficient (Wildman–Crippen LogP) is 3.59. The van der Waals surface area contributed by atoms with Crippen LogP contribution in [0.5, 0.6) is 0 Å². The monoisotopic (exact) mass is 139 g/mol. The molecule has 0 rings (SSSR count). The highest BCUT2D eigenvalue weighted by molar-refractivity contribution is 5.07. The lowest BCUT2D eigenvalue weighted by Crippen LogP contribution is -1.99. The maximum atomic E-state index is 3.81. The van der Waals surface area contributed by atoms with Crippen LogP contribution in [0.15, 0.2) is 11.6 Å². The van der Waals surface area contributed by atoms with E-state index in [-0.39, 0.29) is 0 Å². The summed E-state index contributed by atoms with van der Waals surface area (Å²) >= 11 is 0. The molecule has 0 heteroatoms. The summed E-state index contributed by atoms with van der Waals surface area (Å²) in [5.41, 5.74) is 1.52. The fourth-order valence-corrected chi connectivity index (χ4v) is 1.41. The van der Waals surface area contributed by atoms with Crippen molar-refractivity contribution < 1.29 is 0 Å². The van der Waals surface area contributed by atoms with E-state index in [0.29, 0.717) is 0 Å². The molecule has 0 aliphatic rings. The Morgan fingerprint density at radius 2 is 1.80 bits per heavy atom. The molecule has 1 radical (unpaired) electrons. The molecule has 0 aromatic carbocycles. The molecule has 0 aliphatic carbocycles. The number of allylic oxidation sites excluding steroid dienone is 2. The van der Waals surface area contributed by atoms with Crippen molar-refractivity contribution in [3.63, 3.8) is 0 Å². The van der Waals surface area contributed by atoms with Gasteiger partial charge in [0.2, 0.25) is 0 Å². The van der Waals surface area contributed by atoms with Crippen molar-refractivity contribution in [2.75, 3.05) is 0 Å². The molecule has 0 N–H and O–H groups in total. The van der Waals surface area contributed by atoms with Gasteiger partial charge < -0.3 is 0 Å². The van der Waals surface area contributed by atoms with Gasteiger partial charge in [-0.15, -0.1) is 0 Å². The highest BCUT2D eigenvalue weighted by Gasteiger charge is 2.05. The molecule has 0 saturated heterocycles. The number of hydrogen-bond donors (Lipinski definition) is 0. The summed E-state index contributed by atoms with van der Waals surface area (Å²) in [4.78, 5) is 0. The zero-order chi connectivity index (χ0) is 7.98. The summed E-state index contributed by atoms with van der Waals surface area (Å²) in [6.07, 6.45) is 5.70. The van der Waals surface area contributed by atoms with E-state index in [1.165, 1.54) is 18.4 Å². The molecule has 0 atom stereocenters. The van der Waals surface area contributed by atoms with E-state index in [4.69, 9.17) is 0 Å². The first-order valence-corrected chi connectivity index (χ1v) is 4.28. The van der Waals surface area contributed by atoms with Gasteiger partial charge in [-0.1, -0.05) is 32.4 Å². The van der Waals surface area contributed by atoms with E-state index >= 15 is 0 Å². The highest BCUT2D eigenvalue weighted by atomic mass is 14.1. The minimum atomic E-state index is 0.780. The van der Waals surface area contributed by atoms with E-state index in [9.17, 15) is 0 Å². The molecular weight excluding hydrogens is 120 g/mol. The van der Waals surface area contributed by atoms with Crippen molar-refractivity contribution in [2.45, 2.75) is 40.0 Å². The fraction of sp³-hybridized carbons (Fsp3) is 0.700. The quantitative estimate of drug-likeness (QED) is 0.558. The third-order valence-electron chi connectivity index (χ3n) is 2.18. The number of hydrogen-bond acceptors (Lipinski definition) is 0. The predicted molar refractivity (Wildman–Crippen MR) is 47.8 cm³/mol.